The Morgan fingerprint density at radius 3 is 2.63 bits per heavy atom. The average Bonchev–Trinajstić information content (AvgIpc) is 3.20. The number of fused-ring (bicyclic) bond motifs is 1. The van der Waals surface area contributed by atoms with Crippen molar-refractivity contribution in [2.24, 2.45) is 10.9 Å². The van der Waals surface area contributed by atoms with Crippen molar-refractivity contribution in [3.8, 4) is 11.5 Å². The summed E-state index contributed by atoms with van der Waals surface area (Å²) in [6.07, 6.45) is 4.13. The number of nitrogens with zero attached hydrogens (tertiary/aromatic N) is 1. The van der Waals surface area contributed by atoms with Crippen molar-refractivity contribution < 1.29 is 24.2 Å². The van der Waals surface area contributed by atoms with E-state index in [-0.39, 0.29) is 19.1 Å². The van der Waals surface area contributed by atoms with E-state index < -0.39 is 12.0 Å². The molecule has 0 aromatic heterocycles. The molecule has 1 aliphatic heterocycles. The van der Waals surface area contributed by atoms with Crippen LogP contribution in [0.2, 0.25) is 0 Å². The summed E-state index contributed by atoms with van der Waals surface area (Å²) in [7, 11) is 0. The van der Waals surface area contributed by atoms with E-state index in [4.69, 9.17) is 15.3 Å². The van der Waals surface area contributed by atoms with Crippen LogP contribution in [0.4, 0.5) is 0 Å². The fourth-order valence-corrected chi connectivity index (χ4v) is 3.29. The van der Waals surface area contributed by atoms with Gasteiger partial charge in [-0.1, -0.05) is 30.3 Å². The van der Waals surface area contributed by atoms with Gasteiger partial charge in [-0.3, -0.25) is 9.59 Å². The number of carbonyl (C=O) groups excluding carboxylic acids is 1. The molecule has 8 nitrogen and oxygen atoms in total. The van der Waals surface area contributed by atoms with E-state index in [1.54, 1.807) is 24.4 Å². The predicted molar refractivity (Wildman–Crippen MR) is 111 cm³/mol. The van der Waals surface area contributed by atoms with Gasteiger partial charge in [-0.2, -0.15) is 5.10 Å². The summed E-state index contributed by atoms with van der Waals surface area (Å²) in [5.41, 5.74) is 2.79. The molecule has 1 amide bonds. The maximum Gasteiger partial charge on any atom is 0.305 e. The van der Waals surface area contributed by atoms with Crippen molar-refractivity contribution >= 4 is 18.1 Å². The summed E-state index contributed by atoms with van der Waals surface area (Å²) in [6, 6.07) is 12.5. The van der Waals surface area contributed by atoms with E-state index >= 15 is 0 Å². The van der Waals surface area contributed by atoms with Gasteiger partial charge < -0.3 is 25.7 Å². The first-order valence-corrected chi connectivity index (χ1v) is 9.78. The first-order valence-electron chi connectivity index (χ1n) is 9.78. The Morgan fingerprint density at radius 1 is 1.13 bits per heavy atom. The number of benzene rings is 2. The lowest BCUT2D eigenvalue weighted by Gasteiger charge is -2.18. The summed E-state index contributed by atoms with van der Waals surface area (Å²) in [5, 5.41) is 15.5. The van der Waals surface area contributed by atoms with Crippen LogP contribution in [0.1, 0.15) is 48.4 Å². The number of carbonyl (C=O) groups is 2. The number of aryl methyl sites for hydroxylation is 1. The maximum absolute atomic E-state index is 12.4. The van der Waals surface area contributed by atoms with Gasteiger partial charge in [-0.15, -0.1) is 0 Å². The van der Waals surface area contributed by atoms with Crippen LogP contribution in [-0.2, 0) is 16.0 Å². The number of amides is 1. The number of rotatable bonds is 10. The zero-order valence-electron chi connectivity index (χ0n) is 16.5. The summed E-state index contributed by atoms with van der Waals surface area (Å²) < 4.78 is 10.6. The Morgan fingerprint density at radius 2 is 1.90 bits per heavy atom. The first kappa shape index (κ1) is 21.2. The summed E-state index contributed by atoms with van der Waals surface area (Å²) >= 11 is 0. The van der Waals surface area contributed by atoms with Crippen molar-refractivity contribution in [1.82, 2.24) is 5.32 Å². The molecule has 1 atom stereocenters. The Bertz CT molecular complexity index is 911. The highest BCUT2D eigenvalue weighted by Gasteiger charge is 2.21. The van der Waals surface area contributed by atoms with Gasteiger partial charge in [0, 0.05) is 6.42 Å². The smallest absolute Gasteiger partial charge is 0.305 e. The standard InChI is InChI=1S/C22H25N3O5/c23-24-13-16-7-5-15(6-8-16)3-1-2-4-21(26)25-18(12-22(27)28)17-9-10-19-20(11-17)30-14-29-19/h5-11,13,18H,1-4,12,14,23H2,(H,25,26)(H,27,28). The second kappa shape index (κ2) is 10.3. The SMILES string of the molecule is NN=Cc1ccc(CCCCC(=O)NC(CC(=O)O)c2ccc3c(c2)OCO3)cc1. The van der Waals surface area contributed by atoms with Crippen molar-refractivity contribution in [2.75, 3.05) is 6.79 Å². The molecule has 0 fully saturated rings. The molecule has 158 valence electrons. The highest BCUT2D eigenvalue weighted by Crippen LogP contribution is 2.34. The van der Waals surface area contributed by atoms with E-state index in [0.29, 0.717) is 29.9 Å². The molecule has 2 aromatic carbocycles. The second-order valence-electron chi connectivity index (χ2n) is 7.06. The largest absolute Gasteiger partial charge is 0.481 e. The average molecular weight is 411 g/mol. The van der Waals surface area contributed by atoms with Gasteiger partial charge >= 0.3 is 5.97 Å². The molecular weight excluding hydrogens is 386 g/mol. The number of aliphatic carboxylic acids is 1. The minimum atomic E-state index is -0.985. The third kappa shape index (κ3) is 5.97. The molecule has 3 rings (SSSR count). The van der Waals surface area contributed by atoms with Crippen LogP contribution in [0.15, 0.2) is 47.6 Å². The number of nitrogens with one attached hydrogen (secondary N) is 1. The normalized spacial score (nSPS) is 13.3. The van der Waals surface area contributed by atoms with Crippen LogP contribution in [0.25, 0.3) is 0 Å². The van der Waals surface area contributed by atoms with Gasteiger partial charge in [-0.25, -0.2) is 0 Å². The number of carboxylic acids is 1. The van der Waals surface area contributed by atoms with Gasteiger partial charge in [0.25, 0.3) is 0 Å². The lowest BCUT2D eigenvalue weighted by atomic mass is 10.0. The number of unbranched alkanes of at least 4 members (excludes halogenated alkanes) is 1. The molecule has 1 heterocycles. The van der Waals surface area contributed by atoms with Crippen molar-refractivity contribution in [3.05, 3.63) is 59.2 Å². The van der Waals surface area contributed by atoms with E-state index in [0.717, 1.165) is 18.4 Å². The molecule has 0 radical (unpaired) electrons. The lowest BCUT2D eigenvalue weighted by Crippen LogP contribution is -2.30. The maximum atomic E-state index is 12.4. The monoisotopic (exact) mass is 411 g/mol. The number of hydrogen-bond acceptors (Lipinski definition) is 6. The fraction of sp³-hybridized carbons (Fsp3) is 0.318. The number of ether oxygens (including phenoxy) is 2. The lowest BCUT2D eigenvalue weighted by molar-refractivity contribution is -0.137. The molecule has 4 N–H and O–H groups in total. The summed E-state index contributed by atoms with van der Waals surface area (Å²) in [6.45, 7) is 0.137. The van der Waals surface area contributed by atoms with E-state index in [9.17, 15) is 14.7 Å². The van der Waals surface area contributed by atoms with Gasteiger partial charge in [0.05, 0.1) is 18.7 Å². The van der Waals surface area contributed by atoms with E-state index in [1.165, 1.54) is 5.56 Å². The van der Waals surface area contributed by atoms with Crippen LogP contribution in [0, 0.1) is 0 Å². The molecule has 0 spiro atoms. The second-order valence-corrected chi connectivity index (χ2v) is 7.06. The Balaban J connectivity index is 1.49. The fourth-order valence-electron chi connectivity index (χ4n) is 3.29. The minimum Gasteiger partial charge on any atom is -0.481 e. The first-order chi connectivity index (χ1) is 14.5. The van der Waals surface area contributed by atoms with Gasteiger partial charge in [0.1, 0.15) is 0 Å². The molecule has 2 aromatic rings. The van der Waals surface area contributed by atoms with Gasteiger partial charge in [0.2, 0.25) is 12.7 Å². The highest BCUT2D eigenvalue weighted by molar-refractivity contribution is 5.79. The summed E-state index contributed by atoms with van der Waals surface area (Å²) in [5.74, 6) is 5.15. The molecule has 1 aliphatic rings. The van der Waals surface area contributed by atoms with Crippen LogP contribution in [-0.4, -0.2) is 30.0 Å². The Kier molecular flexibility index (Phi) is 7.26. The van der Waals surface area contributed by atoms with E-state index in [2.05, 4.69) is 10.4 Å². The van der Waals surface area contributed by atoms with Crippen LogP contribution in [0.5, 0.6) is 11.5 Å². The molecule has 30 heavy (non-hydrogen) atoms. The van der Waals surface area contributed by atoms with E-state index in [1.807, 2.05) is 24.3 Å². The highest BCUT2D eigenvalue weighted by atomic mass is 16.7. The number of nitrogens with two attached hydrogens (primary N) is 1. The minimum absolute atomic E-state index is 0.137. The molecule has 8 heteroatoms. The predicted octanol–water partition coefficient (Wildman–Crippen LogP) is 2.75. The van der Waals surface area contributed by atoms with Crippen molar-refractivity contribution in [3.63, 3.8) is 0 Å². The van der Waals surface area contributed by atoms with Gasteiger partial charge in [-0.05, 0) is 48.1 Å². The number of hydrogen-bond donors (Lipinski definition) is 3. The zero-order valence-corrected chi connectivity index (χ0v) is 16.5. The zero-order chi connectivity index (χ0) is 21.3. The molecular formula is C22H25N3O5. The molecule has 0 saturated heterocycles. The molecule has 0 saturated carbocycles. The third-order valence-corrected chi connectivity index (χ3v) is 4.84. The Hall–Kier alpha value is -3.55. The quantitative estimate of drug-likeness (QED) is 0.239. The number of carboxylic acid groups (broad SMARTS) is 1. The molecule has 1 unspecified atom stereocenters. The topological polar surface area (TPSA) is 123 Å². The van der Waals surface area contributed by atoms with Crippen LogP contribution >= 0.6 is 0 Å². The molecule has 0 bridgehead atoms. The Labute approximate surface area is 174 Å². The van der Waals surface area contributed by atoms with Crippen LogP contribution in [0.3, 0.4) is 0 Å². The van der Waals surface area contributed by atoms with Crippen molar-refractivity contribution in [2.45, 2.75) is 38.1 Å². The van der Waals surface area contributed by atoms with Crippen LogP contribution < -0.4 is 20.6 Å². The van der Waals surface area contributed by atoms with Crippen molar-refractivity contribution in [1.29, 1.82) is 0 Å². The third-order valence-electron chi connectivity index (χ3n) is 4.84. The molecule has 0 aliphatic carbocycles. The number of hydrazone groups is 1. The van der Waals surface area contributed by atoms with Gasteiger partial charge in [0.15, 0.2) is 11.5 Å². The summed E-state index contributed by atoms with van der Waals surface area (Å²) in [4.78, 5) is 23.6.